The Hall–Kier alpha value is -8.98. The Labute approximate surface area is 395 Å². The molecule has 0 saturated heterocycles. The molecule has 6 amide bonds. The third kappa shape index (κ3) is 15.0. The van der Waals surface area contributed by atoms with E-state index in [0.29, 0.717) is 33.8 Å². The maximum Gasteiger partial charge on any atom is 0.405 e. The highest BCUT2D eigenvalue weighted by molar-refractivity contribution is 5.98. The minimum atomic E-state index is -1.31. The zero-order valence-electron chi connectivity index (χ0n) is 37.3. The molecule has 356 valence electrons. The van der Waals surface area contributed by atoms with Gasteiger partial charge in [0, 0.05) is 38.3 Å². The van der Waals surface area contributed by atoms with Gasteiger partial charge in [-0.05, 0) is 57.6 Å². The van der Waals surface area contributed by atoms with E-state index in [9.17, 15) is 39.0 Å². The summed E-state index contributed by atoms with van der Waals surface area (Å²) in [6, 6.07) is 28.7. The Balaban J connectivity index is 0.977. The second-order valence-corrected chi connectivity index (χ2v) is 15.0. The van der Waals surface area contributed by atoms with E-state index >= 15 is 0 Å². The predicted octanol–water partition coefficient (Wildman–Crippen LogP) is 4.34. The number of hydrogen-bond donors (Lipinski definition) is 8. The summed E-state index contributed by atoms with van der Waals surface area (Å²) in [5.74, 6) is -0.798. The maximum atomic E-state index is 13.0. The van der Waals surface area contributed by atoms with Crippen LogP contribution in [-0.4, -0.2) is 93.4 Å². The lowest BCUT2D eigenvalue weighted by Gasteiger charge is -2.22. The summed E-state index contributed by atoms with van der Waals surface area (Å²) in [6.45, 7) is 0.257. The number of carbonyl (C=O) groups is 6. The second-order valence-electron chi connectivity index (χ2n) is 15.0. The summed E-state index contributed by atoms with van der Waals surface area (Å²) in [4.78, 5) is 91.0. The van der Waals surface area contributed by atoms with Gasteiger partial charge in [-0.15, -0.1) is 0 Å². The molecule has 0 bridgehead atoms. The first-order valence-electron chi connectivity index (χ1n) is 21.1. The van der Waals surface area contributed by atoms with Crippen LogP contribution in [0.2, 0.25) is 0 Å². The number of ether oxygens (including phenoxy) is 3. The van der Waals surface area contributed by atoms with Crippen molar-refractivity contribution in [1.29, 1.82) is 0 Å². The molecule has 6 rings (SSSR count). The topological polar surface area (TPSA) is 294 Å². The first-order chi connectivity index (χ1) is 33.4. The molecule has 21 nitrogen and oxygen atoms in total. The quantitative estimate of drug-likeness (QED) is 0.0470. The molecule has 6 aromatic rings. The molecule has 0 fully saturated rings. The highest BCUT2D eigenvalue weighted by Crippen LogP contribution is 2.20. The fraction of sp³-hybridized carbons (Fsp3) is 0.208. The van der Waals surface area contributed by atoms with Gasteiger partial charge in [-0.1, -0.05) is 72.8 Å². The number of hydrogen-bond acceptors (Lipinski definition) is 13. The van der Waals surface area contributed by atoms with E-state index in [1.165, 1.54) is 12.1 Å². The molecule has 4 aromatic carbocycles. The van der Waals surface area contributed by atoms with Crippen LogP contribution in [0.1, 0.15) is 87.4 Å². The Bertz CT molecular complexity index is 2570. The molecule has 0 spiro atoms. The molecule has 2 aromatic heterocycles. The summed E-state index contributed by atoms with van der Waals surface area (Å²) in [5, 5.41) is 35.0. The van der Waals surface area contributed by atoms with Crippen molar-refractivity contribution in [3.8, 4) is 11.5 Å². The number of nitrogens with one attached hydrogen (secondary N) is 6. The van der Waals surface area contributed by atoms with E-state index in [1.807, 2.05) is 12.1 Å². The Morgan fingerprint density at radius 3 is 1.12 bits per heavy atom. The third-order valence-electron chi connectivity index (χ3n) is 10.3. The number of amides is 6. The van der Waals surface area contributed by atoms with Gasteiger partial charge in [0.2, 0.25) is 0 Å². The molecule has 0 aliphatic carbocycles. The molecule has 2 atom stereocenters. The van der Waals surface area contributed by atoms with Gasteiger partial charge in [0.1, 0.15) is 46.9 Å². The normalized spacial score (nSPS) is 11.5. The van der Waals surface area contributed by atoms with Gasteiger partial charge in [-0.3, -0.25) is 19.2 Å². The first-order valence-corrected chi connectivity index (χ1v) is 21.1. The van der Waals surface area contributed by atoms with E-state index < -0.39 is 47.9 Å². The van der Waals surface area contributed by atoms with Crippen LogP contribution in [0.15, 0.2) is 122 Å². The van der Waals surface area contributed by atoms with Crippen LogP contribution >= 0.6 is 0 Å². The number of methoxy groups -OCH3 is 2. The lowest BCUT2D eigenvalue weighted by atomic mass is 10.0. The van der Waals surface area contributed by atoms with Gasteiger partial charge in [-0.25, -0.2) is 29.5 Å². The fourth-order valence-electron chi connectivity index (χ4n) is 6.65. The Morgan fingerprint density at radius 1 is 0.464 bits per heavy atom. The third-order valence-corrected chi connectivity index (χ3v) is 10.3. The van der Waals surface area contributed by atoms with Crippen molar-refractivity contribution in [2.24, 2.45) is 0 Å². The van der Waals surface area contributed by atoms with Gasteiger partial charge in [0.05, 0.1) is 39.5 Å². The minimum absolute atomic E-state index is 0.00501. The van der Waals surface area contributed by atoms with E-state index in [0.717, 1.165) is 23.8 Å². The summed E-state index contributed by atoms with van der Waals surface area (Å²) < 4.78 is 16.3. The molecule has 2 heterocycles. The van der Waals surface area contributed by atoms with Crippen LogP contribution in [0.4, 0.5) is 9.59 Å². The molecule has 21 heteroatoms. The van der Waals surface area contributed by atoms with Crippen molar-refractivity contribution in [3.05, 3.63) is 178 Å². The highest BCUT2D eigenvalue weighted by Gasteiger charge is 2.20. The van der Waals surface area contributed by atoms with Crippen molar-refractivity contribution < 1.29 is 53.2 Å². The maximum absolute atomic E-state index is 13.0. The highest BCUT2D eigenvalue weighted by atomic mass is 16.5. The summed E-state index contributed by atoms with van der Waals surface area (Å²) in [6.07, 6.45) is -0.378. The zero-order chi connectivity index (χ0) is 49.1. The predicted molar refractivity (Wildman–Crippen MR) is 246 cm³/mol. The van der Waals surface area contributed by atoms with Crippen molar-refractivity contribution >= 4 is 35.8 Å². The molecule has 0 saturated carbocycles. The first kappa shape index (κ1) is 49.5. The van der Waals surface area contributed by atoms with E-state index in [-0.39, 0.29) is 62.2 Å². The number of rotatable bonds is 22. The molecule has 69 heavy (non-hydrogen) atoms. The van der Waals surface area contributed by atoms with Crippen LogP contribution < -0.4 is 41.4 Å². The number of carbonyl (C=O) groups excluding carboxylic acids is 4. The summed E-state index contributed by atoms with van der Waals surface area (Å²) in [5.41, 5.74) is 4.00. The average molecular weight is 941 g/mol. The zero-order valence-corrected chi connectivity index (χ0v) is 37.3. The van der Waals surface area contributed by atoms with E-state index in [1.54, 1.807) is 99.1 Å². The van der Waals surface area contributed by atoms with Crippen molar-refractivity contribution in [2.75, 3.05) is 27.4 Å². The SMILES string of the molecule is COc1cccc(CNC(=O)c2cc(C(=O)NCc3ccc(C(COCC(NC(=O)O)c4ccc(CNC(=O)c5cc(C(=O)NCc6cccc(OC)c6)ncn5)cc4)NC(=O)O)cc3)ncn2)c1. The van der Waals surface area contributed by atoms with E-state index in [4.69, 9.17) is 14.2 Å². The van der Waals surface area contributed by atoms with Gasteiger partial charge in [-0.2, -0.15) is 0 Å². The van der Waals surface area contributed by atoms with Gasteiger partial charge in [0.25, 0.3) is 23.6 Å². The molecular formula is C48H48N10O11. The lowest BCUT2D eigenvalue weighted by molar-refractivity contribution is 0.0886. The lowest BCUT2D eigenvalue weighted by Crippen LogP contribution is -2.33. The van der Waals surface area contributed by atoms with Crippen LogP contribution in [0.3, 0.4) is 0 Å². The molecule has 0 aliphatic rings. The number of benzene rings is 4. The number of aromatic nitrogens is 4. The summed E-state index contributed by atoms with van der Waals surface area (Å²) in [7, 11) is 3.09. The number of carboxylic acid groups (broad SMARTS) is 2. The molecule has 0 radical (unpaired) electrons. The van der Waals surface area contributed by atoms with Crippen LogP contribution in [0.5, 0.6) is 11.5 Å². The van der Waals surface area contributed by atoms with Gasteiger partial charge in [0.15, 0.2) is 0 Å². The fourth-order valence-corrected chi connectivity index (χ4v) is 6.65. The van der Waals surface area contributed by atoms with Crippen molar-refractivity contribution in [3.63, 3.8) is 0 Å². The van der Waals surface area contributed by atoms with Gasteiger partial charge >= 0.3 is 12.2 Å². The molecular weight excluding hydrogens is 893 g/mol. The Kier molecular flexibility index (Phi) is 17.6. The number of nitrogens with zero attached hydrogens (tertiary/aromatic N) is 4. The molecule has 8 N–H and O–H groups in total. The van der Waals surface area contributed by atoms with Crippen molar-refractivity contribution in [2.45, 2.75) is 38.3 Å². The average Bonchev–Trinajstić information content (AvgIpc) is 3.37. The van der Waals surface area contributed by atoms with E-state index in [2.05, 4.69) is 51.8 Å². The standard InChI is InChI=1S/C48H48N10O11/c1-67-35-7-3-5-31(17-35)23-51-45(61)39-19-37(53-27-55-39)43(59)49-21-29-9-13-33(14-10-29)41(57-47(63)64)25-69-26-42(58-48(65)66)34-15-11-30(12-16-34)22-50-44(60)38-20-40(56-28-54-38)46(62)52-24-32-6-4-8-36(18-32)68-2/h3-20,27-28,41-42,57-58H,21-26H2,1-2H3,(H,49,59)(H,50,60)(H,51,61)(H,52,62)(H,63,64)(H,65,66). The molecule has 2 unspecified atom stereocenters. The second kappa shape index (κ2) is 24.5. The van der Waals surface area contributed by atoms with Crippen LogP contribution in [-0.2, 0) is 30.9 Å². The monoisotopic (exact) mass is 940 g/mol. The Morgan fingerprint density at radius 2 is 0.797 bits per heavy atom. The van der Waals surface area contributed by atoms with Crippen LogP contribution in [0, 0.1) is 0 Å². The minimum Gasteiger partial charge on any atom is -0.497 e. The van der Waals surface area contributed by atoms with Crippen molar-refractivity contribution in [1.82, 2.24) is 51.8 Å². The smallest absolute Gasteiger partial charge is 0.405 e. The summed E-state index contributed by atoms with van der Waals surface area (Å²) >= 11 is 0. The van der Waals surface area contributed by atoms with Gasteiger partial charge < -0.3 is 56.3 Å². The molecule has 0 aliphatic heterocycles. The largest absolute Gasteiger partial charge is 0.497 e. The van der Waals surface area contributed by atoms with Crippen LogP contribution in [0.25, 0.3) is 0 Å².